The molecular formula is C13H5Cl4N. The van der Waals surface area contributed by atoms with E-state index in [1.54, 1.807) is 30.3 Å². The van der Waals surface area contributed by atoms with Crippen LogP contribution in [0.4, 0.5) is 0 Å². The maximum absolute atomic E-state index is 8.94. The molecule has 2 aromatic carbocycles. The Balaban J connectivity index is 2.71. The molecule has 0 aliphatic heterocycles. The molecule has 0 heterocycles. The number of hydrogen-bond acceptors (Lipinski definition) is 1. The molecule has 0 N–H and O–H groups in total. The van der Waals surface area contributed by atoms with Gasteiger partial charge in [-0.15, -0.1) is 0 Å². The molecule has 90 valence electrons. The highest BCUT2D eigenvalue weighted by Crippen LogP contribution is 2.39. The summed E-state index contributed by atoms with van der Waals surface area (Å²) in [6, 6.07) is 10.3. The van der Waals surface area contributed by atoms with Gasteiger partial charge in [0, 0.05) is 11.1 Å². The zero-order chi connectivity index (χ0) is 13.3. The highest BCUT2D eigenvalue weighted by Gasteiger charge is 2.13. The Labute approximate surface area is 124 Å². The normalized spacial score (nSPS) is 10.2. The SMILES string of the molecule is N#Cc1cccc(-c2cc(Cl)c(Cl)cc2Cl)c1Cl. The van der Waals surface area contributed by atoms with Crippen LogP contribution in [0.25, 0.3) is 11.1 Å². The summed E-state index contributed by atoms with van der Waals surface area (Å²) in [6.07, 6.45) is 0. The summed E-state index contributed by atoms with van der Waals surface area (Å²) in [5.74, 6) is 0. The van der Waals surface area contributed by atoms with Crippen LogP contribution in [0.15, 0.2) is 30.3 Å². The quantitative estimate of drug-likeness (QED) is 0.606. The minimum Gasteiger partial charge on any atom is -0.192 e. The molecule has 5 heteroatoms. The van der Waals surface area contributed by atoms with Gasteiger partial charge in [0.15, 0.2) is 0 Å². The summed E-state index contributed by atoms with van der Waals surface area (Å²) in [5.41, 5.74) is 1.68. The van der Waals surface area contributed by atoms with Crippen LogP contribution in [0, 0.1) is 11.3 Å². The van der Waals surface area contributed by atoms with Gasteiger partial charge in [-0.2, -0.15) is 5.26 Å². The standard InChI is InChI=1S/C13H5Cl4N/c14-10-5-12(16)11(15)4-9(10)8-3-1-2-7(6-18)13(8)17/h1-5H. The van der Waals surface area contributed by atoms with Crippen LogP contribution in [0.3, 0.4) is 0 Å². The van der Waals surface area contributed by atoms with Crippen LogP contribution < -0.4 is 0 Å². The molecule has 0 fully saturated rings. The van der Waals surface area contributed by atoms with Gasteiger partial charge in [-0.1, -0.05) is 58.5 Å². The average Bonchev–Trinajstić information content (AvgIpc) is 2.34. The van der Waals surface area contributed by atoms with Gasteiger partial charge in [0.1, 0.15) is 6.07 Å². The van der Waals surface area contributed by atoms with Gasteiger partial charge in [0.05, 0.1) is 25.7 Å². The summed E-state index contributed by atoms with van der Waals surface area (Å²) in [5, 5.41) is 10.5. The van der Waals surface area contributed by atoms with E-state index in [0.717, 1.165) is 0 Å². The van der Waals surface area contributed by atoms with Gasteiger partial charge in [-0.3, -0.25) is 0 Å². The Hall–Kier alpha value is -0.910. The number of benzene rings is 2. The smallest absolute Gasteiger partial charge is 0.101 e. The van der Waals surface area contributed by atoms with Crippen molar-refractivity contribution in [1.82, 2.24) is 0 Å². The number of nitrogens with zero attached hydrogens (tertiary/aromatic N) is 1. The topological polar surface area (TPSA) is 23.8 Å². The maximum atomic E-state index is 8.94. The van der Waals surface area contributed by atoms with Gasteiger partial charge in [0.25, 0.3) is 0 Å². The summed E-state index contributed by atoms with van der Waals surface area (Å²) < 4.78 is 0. The van der Waals surface area contributed by atoms with Crippen LogP contribution in [-0.2, 0) is 0 Å². The monoisotopic (exact) mass is 315 g/mol. The molecule has 0 amide bonds. The fourth-order valence-corrected chi connectivity index (χ4v) is 2.47. The second-order valence-corrected chi connectivity index (χ2v) is 5.12. The molecule has 1 nitrogen and oxygen atoms in total. The van der Waals surface area contributed by atoms with Crippen molar-refractivity contribution >= 4 is 46.4 Å². The Morgan fingerprint density at radius 3 is 2.17 bits per heavy atom. The van der Waals surface area contributed by atoms with Gasteiger partial charge in [0.2, 0.25) is 0 Å². The summed E-state index contributed by atoms with van der Waals surface area (Å²) in [4.78, 5) is 0. The second kappa shape index (κ2) is 5.38. The first-order valence-corrected chi connectivity index (χ1v) is 6.39. The third-order valence-corrected chi connectivity index (χ3v) is 3.86. The first kappa shape index (κ1) is 13.5. The Morgan fingerprint density at radius 1 is 0.833 bits per heavy atom. The van der Waals surface area contributed by atoms with E-state index in [9.17, 15) is 0 Å². The lowest BCUT2D eigenvalue weighted by Crippen LogP contribution is -1.86. The van der Waals surface area contributed by atoms with Crippen molar-refractivity contribution in [3.05, 3.63) is 56.0 Å². The van der Waals surface area contributed by atoms with E-state index in [-0.39, 0.29) is 0 Å². The molecule has 18 heavy (non-hydrogen) atoms. The fraction of sp³-hybridized carbons (Fsp3) is 0. The Kier molecular flexibility index (Phi) is 4.04. The van der Waals surface area contributed by atoms with Crippen LogP contribution in [0.5, 0.6) is 0 Å². The van der Waals surface area contributed by atoms with Crippen LogP contribution in [0.2, 0.25) is 20.1 Å². The van der Waals surface area contributed by atoms with Crippen molar-refractivity contribution < 1.29 is 0 Å². The van der Waals surface area contributed by atoms with Crippen LogP contribution in [-0.4, -0.2) is 0 Å². The number of rotatable bonds is 1. The molecule has 0 unspecified atom stereocenters. The number of nitriles is 1. The second-order valence-electron chi connectivity index (χ2n) is 3.53. The molecule has 0 bridgehead atoms. The number of halogens is 4. The molecule has 0 saturated carbocycles. The third-order valence-electron chi connectivity index (χ3n) is 2.42. The van der Waals surface area contributed by atoms with E-state index < -0.39 is 0 Å². The van der Waals surface area contributed by atoms with E-state index >= 15 is 0 Å². The van der Waals surface area contributed by atoms with Crippen LogP contribution in [0.1, 0.15) is 5.56 Å². The highest BCUT2D eigenvalue weighted by molar-refractivity contribution is 6.44. The molecule has 2 rings (SSSR count). The fourth-order valence-electron chi connectivity index (χ4n) is 1.56. The molecule has 0 atom stereocenters. The van der Waals surface area contributed by atoms with Gasteiger partial charge in [-0.05, 0) is 18.2 Å². The van der Waals surface area contributed by atoms with Crippen molar-refractivity contribution in [3.8, 4) is 17.2 Å². The summed E-state index contributed by atoms with van der Waals surface area (Å²) in [7, 11) is 0. The van der Waals surface area contributed by atoms with Crippen molar-refractivity contribution in [1.29, 1.82) is 5.26 Å². The predicted molar refractivity (Wildman–Crippen MR) is 76.6 cm³/mol. The lowest BCUT2D eigenvalue weighted by Gasteiger charge is -2.09. The lowest BCUT2D eigenvalue weighted by atomic mass is 10.0. The minimum absolute atomic E-state index is 0.347. The predicted octanol–water partition coefficient (Wildman–Crippen LogP) is 5.84. The average molecular weight is 317 g/mol. The van der Waals surface area contributed by atoms with E-state index in [1.165, 1.54) is 0 Å². The van der Waals surface area contributed by atoms with E-state index in [2.05, 4.69) is 0 Å². The maximum Gasteiger partial charge on any atom is 0.101 e. The summed E-state index contributed by atoms with van der Waals surface area (Å²) in [6.45, 7) is 0. The van der Waals surface area contributed by atoms with E-state index in [1.807, 2.05) is 6.07 Å². The van der Waals surface area contributed by atoms with Crippen molar-refractivity contribution in [2.45, 2.75) is 0 Å². The Morgan fingerprint density at radius 2 is 1.50 bits per heavy atom. The summed E-state index contributed by atoms with van der Waals surface area (Å²) >= 11 is 24.1. The first-order chi connectivity index (χ1) is 8.54. The largest absolute Gasteiger partial charge is 0.192 e. The molecule has 0 aliphatic carbocycles. The minimum atomic E-state index is 0.347. The van der Waals surface area contributed by atoms with Gasteiger partial charge >= 0.3 is 0 Å². The zero-order valence-corrected chi connectivity index (χ0v) is 11.9. The van der Waals surface area contributed by atoms with E-state index in [4.69, 9.17) is 51.7 Å². The highest BCUT2D eigenvalue weighted by atomic mass is 35.5. The molecular weight excluding hydrogens is 312 g/mol. The van der Waals surface area contributed by atoms with Crippen molar-refractivity contribution in [3.63, 3.8) is 0 Å². The molecule has 2 aromatic rings. The van der Waals surface area contributed by atoms with Crippen LogP contribution >= 0.6 is 46.4 Å². The van der Waals surface area contributed by atoms with Crippen molar-refractivity contribution in [2.24, 2.45) is 0 Å². The van der Waals surface area contributed by atoms with E-state index in [0.29, 0.717) is 36.8 Å². The number of hydrogen-bond donors (Lipinski definition) is 0. The molecule has 0 spiro atoms. The molecule has 0 aliphatic rings. The molecule has 0 aromatic heterocycles. The molecule has 0 saturated heterocycles. The zero-order valence-electron chi connectivity index (χ0n) is 8.85. The third kappa shape index (κ3) is 2.43. The van der Waals surface area contributed by atoms with Gasteiger partial charge < -0.3 is 0 Å². The Bertz CT molecular complexity index is 659. The lowest BCUT2D eigenvalue weighted by molar-refractivity contribution is 1.48. The van der Waals surface area contributed by atoms with Gasteiger partial charge in [-0.25, -0.2) is 0 Å². The first-order valence-electron chi connectivity index (χ1n) is 4.88. The molecule has 0 radical (unpaired) electrons. The van der Waals surface area contributed by atoms with Crippen molar-refractivity contribution in [2.75, 3.05) is 0 Å².